The first-order chi connectivity index (χ1) is 8.62. The molecule has 1 aromatic carbocycles. The smallest absolute Gasteiger partial charge is 0.0278 e. The summed E-state index contributed by atoms with van der Waals surface area (Å²) < 4.78 is 0. The molecule has 90 valence electrons. The molecule has 18 heavy (non-hydrogen) atoms. The third-order valence-corrected chi connectivity index (χ3v) is 4.46. The molecule has 0 nitrogen and oxygen atoms in total. The van der Waals surface area contributed by atoms with Crippen molar-refractivity contribution < 1.29 is 0 Å². The summed E-state index contributed by atoms with van der Waals surface area (Å²) in [5.74, 6) is 0.513. The number of benzene rings is 1. The summed E-state index contributed by atoms with van der Waals surface area (Å²) in [6.07, 6.45) is 13.7. The van der Waals surface area contributed by atoms with Gasteiger partial charge in [0.1, 0.15) is 0 Å². The van der Waals surface area contributed by atoms with Crippen LogP contribution in [0.2, 0.25) is 0 Å². The molecule has 0 N–H and O–H groups in total. The van der Waals surface area contributed by atoms with Crippen LogP contribution in [0.25, 0.3) is 6.08 Å². The largest absolute Gasteiger partial charge is 0.0726 e. The molecule has 0 spiro atoms. The Balaban J connectivity index is 1.85. The number of rotatable bonds is 0. The molecule has 1 atom stereocenters. The van der Waals surface area contributed by atoms with E-state index < -0.39 is 0 Å². The topological polar surface area (TPSA) is 0 Å². The average molecular weight is 234 g/mol. The predicted octanol–water partition coefficient (Wildman–Crippen LogP) is 4.42. The zero-order valence-electron chi connectivity index (χ0n) is 11.0. The Labute approximate surface area is 109 Å². The molecule has 0 saturated heterocycles. The zero-order valence-corrected chi connectivity index (χ0v) is 11.0. The normalized spacial score (nSPS) is 25.7. The van der Waals surface area contributed by atoms with Gasteiger partial charge in [-0.2, -0.15) is 0 Å². The molecule has 0 aromatic heterocycles. The van der Waals surface area contributed by atoms with Crippen molar-refractivity contribution in [3.05, 3.63) is 64.3 Å². The summed E-state index contributed by atoms with van der Waals surface area (Å²) in [5.41, 5.74) is 8.02. The van der Waals surface area contributed by atoms with Gasteiger partial charge >= 0.3 is 0 Å². The van der Waals surface area contributed by atoms with Crippen molar-refractivity contribution in [3.63, 3.8) is 0 Å². The van der Waals surface area contributed by atoms with E-state index in [0.29, 0.717) is 11.3 Å². The minimum atomic E-state index is 0.451. The SMILES string of the molecule is CC1(C)Cc2cc3c(cc2C1)C1C=CC=CC1=C3. The van der Waals surface area contributed by atoms with Crippen molar-refractivity contribution in [2.45, 2.75) is 32.6 Å². The Hall–Kier alpha value is -1.56. The molecular formula is C18H18. The molecule has 0 heterocycles. The third kappa shape index (κ3) is 1.38. The summed E-state index contributed by atoms with van der Waals surface area (Å²) in [5, 5.41) is 0. The summed E-state index contributed by atoms with van der Waals surface area (Å²) in [4.78, 5) is 0. The highest BCUT2D eigenvalue weighted by atomic mass is 14.4. The van der Waals surface area contributed by atoms with Gasteiger partial charge in [-0.3, -0.25) is 0 Å². The summed E-state index contributed by atoms with van der Waals surface area (Å²) in [6.45, 7) is 4.76. The first kappa shape index (κ1) is 10.4. The monoisotopic (exact) mass is 234 g/mol. The zero-order chi connectivity index (χ0) is 12.3. The fourth-order valence-electron chi connectivity index (χ4n) is 3.70. The highest BCUT2D eigenvalue weighted by Gasteiger charge is 2.31. The van der Waals surface area contributed by atoms with Crippen LogP contribution < -0.4 is 0 Å². The van der Waals surface area contributed by atoms with Crippen LogP contribution in [0, 0.1) is 5.41 Å². The first-order valence-corrected chi connectivity index (χ1v) is 6.85. The van der Waals surface area contributed by atoms with Crippen molar-refractivity contribution >= 4 is 6.08 Å². The maximum absolute atomic E-state index is 2.47. The van der Waals surface area contributed by atoms with Gasteiger partial charge in [-0.05, 0) is 46.1 Å². The van der Waals surface area contributed by atoms with Crippen molar-refractivity contribution in [1.82, 2.24) is 0 Å². The van der Waals surface area contributed by atoms with Gasteiger partial charge in [0.15, 0.2) is 0 Å². The maximum atomic E-state index is 2.47. The van der Waals surface area contributed by atoms with Crippen LogP contribution in [0.15, 0.2) is 42.0 Å². The molecule has 4 rings (SSSR count). The lowest BCUT2D eigenvalue weighted by molar-refractivity contribution is 0.392. The molecule has 0 bridgehead atoms. The average Bonchev–Trinajstić information content (AvgIpc) is 2.80. The Morgan fingerprint density at radius 1 is 1.06 bits per heavy atom. The van der Waals surface area contributed by atoms with Crippen molar-refractivity contribution in [2.75, 3.05) is 0 Å². The molecular weight excluding hydrogens is 216 g/mol. The van der Waals surface area contributed by atoms with Gasteiger partial charge in [-0.15, -0.1) is 0 Å². The Morgan fingerprint density at radius 2 is 1.83 bits per heavy atom. The van der Waals surface area contributed by atoms with E-state index in [4.69, 9.17) is 0 Å². The van der Waals surface area contributed by atoms with Crippen LogP contribution >= 0.6 is 0 Å². The Bertz CT molecular complexity index is 624. The highest BCUT2D eigenvalue weighted by Crippen LogP contribution is 2.44. The van der Waals surface area contributed by atoms with E-state index in [1.54, 1.807) is 11.1 Å². The van der Waals surface area contributed by atoms with E-state index in [0.717, 1.165) is 0 Å². The van der Waals surface area contributed by atoms with E-state index in [-0.39, 0.29) is 0 Å². The van der Waals surface area contributed by atoms with Crippen LogP contribution in [0.3, 0.4) is 0 Å². The number of fused-ring (bicyclic) bond motifs is 4. The first-order valence-electron chi connectivity index (χ1n) is 6.85. The minimum absolute atomic E-state index is 0.451. The standard InChI is InChI=1S/C18H18/c1-18(2)10-14-8-13-7-12-5-3-4-6-16(12)17(13)9-15(14)11-18/h3-9,16H,10-11H2,1-2H3. The number of hydrogen-bond acceptors (Lipinski definition) is 0. The van der Waals surface area contributed by atoms with Gasteiger partial charge in [0, 0.05) is 5.92 Å². The van der Waals surface area contributed by atoms with E-state index >= 15 is 0 Å². The summed E-state index contributed by atoms with van der Waals surface area (Å²) in [6, 6.07) is 4.91. The molecule has 0 saturated carbocycles. The van der Waals surface area contributed by atoms with E-state index in [9.17, 15) is 0 Å². The molecule has 1 unspecified atom stereocenters. The van der Waals surface area contributed by atoms with Gasteiger partial charge in [-0.1, -0.05) is 56.4 Å². The predicted molar refractivity (Wildman–Crippen MR) is 76.6 cm³/mol. The van der Waals surface area contributed by atoms with Crippen molar-refractivity contribution in [1.29, 1.82) is 0 Å². The maximum Gasteiger partial charge on any atom is 0.0278 e. The third-order valence-electron chi connectivity index (χ3n) is 4.46. The quantitative estimate of drug-likeness (QED) is 0.623. The second-order valence-corrected chi connectivity index (χ2v) is 6.63. The lowest BCUT2D eigenvalue weighted by atomic mass is 9.89. The molecule has 0 aliphatic heterocycles. The molecule has 1 aromatic rings. The van der Waals surface area contributed by atoms with Crippen molar-refractivity contribution in [3.8, 4) is 0 Å². The van der Waals surface area contributed by atoms with E-state index in [2.05, 4.69) is 56.4 Å². The van der Waals surface area contributed by atoms with Crippen LogP contribution in [0.5, 0.6) is 0 Å². The lowest BCUT2D eigenvalue weighted by Crippen LogP contribution is -2.09. The Morgan fingerprint density at radius 3 is 2.67 bits per heavy atom. The summed E-state index contributed by atoms with van der Waals surface area (Å²) in [7, 11) is 0. The van der Waals surface area contributed by atoms with Gasteiger partial charge < -0.3 is 0 Å². The number of hydrogen-bond donors (Lipinski definition) is 0. The minimum Gasteiger partial charge on any atom is -0.0726 e. The summed E-state index contributed by atoms with van der Waals surface area (Å²) >= 11 is 0. The molecule has 3 aliphatic carbocycles. The van der Waals surface area contributed by atoms with Crippen LogP contribution in [0.1, 0.15) is 42.0 Å². The molecule has 3 aliphatic rings. The fourth-order valence-corrected chi connectivity index (χ4v) is 3.70. The van der Waals surface area contributed by atoms with Gasteiger partial charge in [0.2, 0.25) is 0 Å². The van der Waals surface area contributed by atoms with Crippen LogP contribution in [-0.2, 0) is 12.8 Å². The van der Waals surface area contributed by atoms with Gasteiger partial charge in [-0.25, -0.2) is 0 Å². The molecule has 0 radical (unpaired) electrons. The van der Waals surface area contributed by atoms with Gasteiger partial charge in [0.25, 0.3) is 0 Å². The van der Waals surface area contributed by atoms with Crippen LogP contribution in [-0.4, -0.2) is 0 Å². The lowest BCUT2D eigenvalue weighted by Gasteiger charge is -2.15. The second kappa shape index (κ2) is 3.26. The van der Waals surface area contributed by atoms with E-state index in [1.165, 1.54) is 29.5 Å². The fraction of sp³-hybridized carbons (Fsp3) is 0.333. The molecule has 0 fully saturated rings. The second-order valence-electron chi connectivity index (χ2n) is 6.63. The highest BCUT2D eigenvalue weighted by molar-refractivity contribution is 5.73. The van der Waals surface area contributed by atoms with E-state index in [1.807, 2.05) is 0 Å². The molecule has 0 heteroatoms. The van der Waals surface area contributed by atoms with Crippen LogP contribution in [0.4, 0.5) is 0 Å². The Kier molecular flexibility index (Phi) is 1.88. The number of allylic oxidation sites excluding steroid dienone is 5. The molecule has 0 amide bonds. The van der Waals surface area contributed by atoms with Gasteiger partial charge in [0.05, 0.1) is 0 Å². The van der Waals surface area contributed by atoms with Crippen molar-refractivity contribution in [2.24, 2.45) is 5.41 Å².